The third-order valence-electron chi connectivity index (χ3n) is 4.50. The quantitative estimate of drug-likeness (QED) is 0.866. The normalized spacial score (nSPS) is 25.4. The second kappa shape index (κ2) is 6.23. The lowest BCUT2D eigenvalue weighted by Gasteiger charge is -2.30. The molecule has 0 saturated heterocycles. The molecule has 4 nitrogen and oxygen atoms in total. The molecule has 2 aliphatic carbocycles. The van der Waals surface area contributed by atoms with Gasteiger partial charge in [0.2, 0.25) is 10.0 Å². The fourth-order valence-electron chi connectivity index (χ4n) is 3.30. The number of nitrogens with one attached hydrogen (secondary N) is 1. The zero-order chi connectivity index (χ0) is 13.8. The zero-order valence-corrected chi connectivity index (χ0v) is 12.3. The molecule has 0 atom stereocenters. The molecule has 2 fully saturated rings. The van der Waals surface area contributed by atoms with Crippen LogP contribution in [0.15, 0.2) is 0 Å². The van der Waals surface area contributed by atoms with Gasteiger partial charge in [-0.15, -0.1) is 0 Å². The lowest BCUT2D eigenvalue weighted by Crippen LogP contribution is -2.50. The topological polar surface area (TPSA) is 70.0 Å². The molecule has 2 aliphatic rings. The van der Waals surface area contributed by atoms with Crippen molar-refractivity contribution in [1.29, 1.82) is 5.26 Å². The van der Waals surface area contributed by atoms with Crippen LogP contribution >= 0.6 is 0 Å². The average Bonchev–Trinajstić information content (AvgIpc) is 2.87. The minimum absolute atomic E-state index is 0.275. The average molecular weight is 284 g/mol. The van der Waals surface area contributed by atoms with Gasteiger partial charge < -0.3 is 0 Å². The number of hydrogen-bond donors (Lipinski definition) is 1. The Hall–Kier alpha value is -0.600. The molecule has 0 radical (unpaired) electrons. The largest absolute Gasteiger partial charge is 0.215 e. The van der Waals surface area contributed by atoms with E-state index in [-0.39, 0.29) is 5.25 Å². The van der Waals surface area contributed by atoms with E-state index in [1.807, 2.05) is 0 Å². The summed E-state index contributed by atoms with van der Waals surface area (Å²) in [5.74, 6) is 0. The van der Waals surface area contributed by atoms with Crippen LogP contribution in [-0.2, 0) is 10.0 Å². The third-order valence-corrected chi connectivity index (χ3v) is 6.52. The molecule has 0 spiro atoms. The molecule has 108 valence electrons. The van der Waals surface area contributed by atoms with Gasteiger partial charge in [0.15, 0.2) is 0 Å². The van der Waals surface area contributed by atoms with Crippen LogP contribution in [0.25, 0.3) is 0 Å². The van der Waals surface area contributed by atoms with Crippen LogP contribution in [0.4, 0.5) is 0 Å². The summed E-state index contributed by atoms with van der Waals surface area (Å²) in [6.45, 7) is 0. The number of rotatable bonds is 3. The van der Waals surface area contributed by atoms with E-state index in [0.717, 1.165) is 51.4 Å². The smallest absolute Gasteiger partial charge is 0.212 e. The second-order valence-corrected chi connectivity index (χ2v) is 7.98. The lowest BCUT2D eigenvalue weighted by atomic mass is 9.86. The van der Waals surface area contributed by atoms with Gasteiger partial charge in [-0.3, -0.25) is 0 Å². The highest BCUT2D eigenvalue weighted by Gasteiger charge is 2.38. The first kappa shape index (κ1) is 14.8. The van der Waals surface area contributed by atoms with Gasteiger partial charge in [0.1, 0.15) is 5.54 Å². The Morgan fingerprint density at radius 1 is 0.947 bits per heavy atom. The molecule has 1 N–H and O–H groups in total. The summed E-state index contributed by atoms with van der Waals surface area (Å²) < 4.78 is 27.6. The second-order valence-electron chi connectivity index (χ2n) is 6.02. The fourth-order valence-corrected chi connectivity index (χ4v) is 5.21. The Bertz CT molecular complexity index is 425. The Kier molecular flexibility index (Phi) is 4.86. The van der Waals surface area contributed by atoms with E-state index in [4.69, 9.17) is 0 Å². The predicted octanol–water partition coefficient (Wildman–Crippen LogP) is 2.86. The van der Waals surface area contributed by atoms with Crippen LogP contribution in [0.2, 0.25) is 0 Å². The van der Waals surface area contributed by atoms with Crippen molar-refractivity contribution in [2.75, 3.05) is 0 Å². The van der Waals surface area contributed by atoms with Gasteiger partial charge in [-0.2, -0.15) is 9.98 Å². The highest BCUT2D eigenvalue weighted by atomic mass is 32.2. The van der Waals surface area contributed by atoms with E-state index >= 15 is 0 Å². The molecule has 0 aromatic heterocycles. The lowest BCUT2D eigenvalue weighted by molar-refractivity contribution is 0.355. The standard InChI is InChI=1S/C14H24N2O2S/c15-12-14(10-6-2-1-3-7-11-14)16-19(17,18)13-8-4-5-9-13/h13,16H,1-11H2. The zero-order valence-electron chi connectivity index (χ0n) is 11.5. The molecule has 0 heterocycles. The van der Waals surface area contributed by atoms with Gasteiger partial charge in [-0.05, 0) is 25.7 Å². The first-order chi connectivity index (χ1) is 9.08. The summed E-state index contributed by atoms with van der Waals surface area (Å²) in [7, 11) is -3.33. The van der Waals surface area contributed by atoms with Crippen molar-refractivity contribution in [2.45, 2.75) is 81.4 Å². The minimum atomic E-state index is -3.33. The molecule has 0 bridgehead atoms. The molecule has 0 aromatic rings. The van der Waals surface area contributed by atoms with E-state index in [2.05, 4.69) is 10.8 Å². The van der Waals surface area contributed by atoms with E-state index in [0.29, 0.717) is 12.8 Å². The number of sulfonamides is 1. The van der Waals surface area contributed by atoms with Gasteiger partial charge in [0.25, 0.3) is 0 Å². The summed E-state index contributed by atoms with van der Waals surface area (Å²) in [4.78, 5) is 0. The van der Waals surface area contributed by atoms with E-state index in [1.165, 1.54) is 6.42 Å². The molecule has 0 aromatic carbocycles. The Morgan fingerprint density at radius 3 is 2.00 bits per heavy atom. The van der Waals surface area contributed by atoms with Crippen LogP contribution in [0, 0.1) is 11.3 Å². The van der Waals surface area contributed by atoms with E-state index in [9.17, 15) is 13.7 Å². The maximum atomic E-state index is 12.4. The molecule has 0 amide bonds. The SMILES string of the molecule is N#CC1(NS(=O)(=O)C2CCCC2)CCCCCCC1. The van der Waals surface area contributed by atoms with Crippen molar-refractivity contribution in [3.8, 4) is 6.07 Å². The van der Waals surface area contributed by atoms with E-state index in [1.54, 1.807) is 0 Å². The maximum absolute atomic E-state index is 12.4. The summed E-state index contributed by atoms with van der Waals surface area (Å²) >= 11 is 0. The molecule has 19 heavy (non-hydrogen) atoms. The van der Waals surface area contributed by atoms with Crippen molar-refractivity contribution < 1.29 is 8.42 Å². The van der Waals surface area contributed by atoms with E-state index < -0.39 is 15.6 Å². The number of nitrogens with zero attached hydrogens (tertiary/aromatic N) is 1. The number of hydrogen-bond acceptors (Lipinski definition) is 3. The summed E-state index contributed by atoms with van der Waals surface area (Å²) in [6, 6.07) is 2.27. The molecular weight excluding hydrogens is 260 g/mol. The highest BCUT2D eigenvalue weighted by molar-refractivity contribution is 7.90. The van der Waals surface area contributed by atoms with Gasteiger partial charge >= 0.3 is 0 Å². The molecule has 5 heteroatoms. The van der Waals surface area contributed by atoms with Crippen LogP contribution in [0.5, 0.6) is 0 Å². The van der Waals surface area contributed by atoms with Gasteiger partial charge in [0.05, 0.1) is 11.3 Å². The molecule has 0 aliphatic heterocycles. The van der Waals surface area contributed by atoms with Crippen LogP contribution in [0.3, 0.4) is 0 Å². The summed E-state index contributed by atoms with van der Waals surface area (Å²) in [5.41, 5.74) is -0.845. The predicted molar refractivity (Wildman–Crippen MR) is 75.0 cm³/mol. The van der Waals surface area contributed by atoms with Gasteiger partial charge in [0, 0.05) is 0 Å². The number of nitriles is 1. The Balaban J connectivity index is 2.10. The third kappa shape index (κ3) is 3.70. The molecule has 2 saturated carbocycles. The van der Waals surface area contributed by atoms with Crippen LogP contribution in [-0.4, -0.2) is 19.2 Å². The summed E-state index contributed by atoms with van der Waals surface area (Å²) in [6.07, 6.45) is 10.1. The fraction of sp³-hybridized carbons (Fsp3) is 0.929. The van der Waals surface area contributed by atoms with Crippen LogP contribution in [0.1, 0.15) is 70.6 Å². The molecule has 0 unspecified atom stereocenters. The summed E-state index contributed by atoms with van der Waals surface area (Å²) in [5, 5.41) is 9.21. The monoisotopic (exact) mass is 284 g/mol. The van der Waals surface area contributed by atoms with Crippen molar-refractivity contribution in [3.05, 3.63) is 0 Å². The van der Waals surface area contributed by atoms with Crippen molar-refractivity contribution in [2.24, 2.45) is 0 Å². The molecule has 2 rings (SSSR count). The van der Waals surface area contributed by atoms with Crippen molar-refractivity contribution >= 4 is 10.0 Å². The molecular formula is C14H24N2O2S. The Labute approximate surface area is 116 Å². The minimum Gasteiger partial charge on any atom is -0.212 e. The first-order valence-corrected chi connectivity index (χ1v) is 9.07. The van der Waals surface area contributed by atoms with Crippen molar-refractivity contribution in [3.63, 3.8) is 0 Å². The van der Waals surface area contributed by atoms with Crippen molar-refractivity contribution in [1.82, 2.24) is 4.72 Å². The van der Waals surface area contributed by atoms with Crippen LogP contribution < -0.4 is 4.72 Å². The highest BCUT2D eigenvalue weighted by Crippen LogP contribution is 2.30. The maximum Gasteiger partial charge on any atom is 0.215 e. The van der Waals surface area contributed by atoms with Gasteiger partial charge in [-0.1, -0.05) is 44.9 Å². The first-order valence-electron chi connectivity index (χ1n) is 7.52. The van der Waals surface area contributed by atoms with Gasteiger partial charge in [-0.25, -0.2) is 8.42 Å². The Morgan fingerprint density at radius 2 is 1.47 bits per heavy atom.